The number of morpholine rings is 1. The number of nitrogens with zero attached hydrogens (tertiary/aromatic N) is 2. The maximum Gasteiger partial charge on any atom is 0.252 e. The third-order valence-corrected chi connectivity index (χ3v) is 4.57. The molecule has 0 spiro atoms. The number of ether oxygens (including phenoxy) is 1. The molecule has 1 aromatic heterocycles. The summed E-state index contributed by atoms with van der Waals surface area (Å²) in [4.78, 5) is 45.4. The second-order valence-corrected chi connectivity index (χ2v) is 7.03. The fraction of sp³-hybridized carbons (Fsp3) is 0.400. The quantitative estimate of drug-likeness (QED) is 0.802. The molecule has 1 aromatic carbocycles. The van der Waals surface area contributed by atoms with E-state index < -0.39 is 12.1 Å². The summed E-state index contributed by atoms with van der Waals surface area (Å²) >= 11 is 0. The summed E-state index contributed by atoms with van der Waals surface area (Å²) in [6.07, 6.45) is -0.862. The highest BCUT2D eigenvalue weighted by Gasteiger charge is 2.42. The minimum atomic E-state index is -0.862. The Morgan fingerprint density at radius 2 is 2.04 bits per heavy atom. The van der Waals surface area contributed by atoms with Crippen LogP contribution in [0.25, 0.3) is 0 Å². The summed E-state index contributed by atoms with van der Waals surface area (Å²) < 4.78 is 5.64. The molecule has 28 heavy (non-hydrogen) atoms. The second kappa shape index (κ2) is 8.35. The van der Waals surface area contributed by atoms with E-state index in [1.807, 2.05) is 44.2 Å². The van der Waals surface area contributed by atoms with Crippen molar-refractivity contribution in [1.82, 2.24) is 20.2 Å². The summed E-state index contributed by atoms with van der Waals surface area (Å²) in [5, 5.41) is 2.76. The van der Waals surface area contributed by atoms with Gasteiger partial charge in [-0.25, -0.2) is 4.98 Å². The number of aromatic amines is 1. The third-order valence-electron chi connectivity index (χ3n) is 4.57. The zero-order valence-corrected chi connectivity index (χ0v) is 16.1. The Hall–Kier alpha value is -3.00. The van der Waals surface area contributed by atoms with Crippen molar-refractivity contribution in [2.24, 2.45) is 0 Å². The Kier molecular flexibility index (Phi) is 5.89. The molecule has 8 nitrogen and oxygen atoms in total. The van der Waals surface area contributed by atoms with Gasteiger partial charge in [-0.2, -0.15) is 0 Å². The van der Waals surface area contributed by atoms with Crippen LogP contribution in [0.15, 0.2) is 41.2 Å². The lowest BCUT2D eigenvalue weighted by Gasteiger charge is -2.42. The number of carbonyl (C=O) groups excluding carboxylic acids is 2. The molecule has 2 aromatic rings. The second-order valence-electron chi connectivity index (χ2n) is 7.03. The lowest BCUT2D eigenvalue weighted by Crippen LogP contribution is -2.56. The van der Waals surface area contributed by atoms with Crippen LogP contribution < -0.4 is 10.9 Å². The molecule has 1 aliphatic rings. The van der Waals surface area contributed by atoms with Gasteiger partial charge in [-0.15, -0.1) is 0 Å². The first kappa shape index (κ1) is 19.8. The summed E-state index contributed by atoms with van der Waals surface area (Å²) in [7, 11) is 0. The molecule has 3 rings (SSSR count). The van der Waals surface area contributed by atoms with Crippen molar-refractivity contribution in [3.63, 3.8) is 0 Å². The topological polar surface area (TPSA) is 104 Å². The number of benzene rings is 1. The largest absolute Gasteiger partial charge is 0.356 e. The fourth-order valence-electron chi connectivity index (χ4n) is 3.44. The predicted octanol–water partition coefficient (Wildman–Crippen LogP) is 1.07. The molecule has 0 bridgehead atoms. The minimum absolute atomic E-state index is 0.0623. The minimum Gasteiger partial charge on any atom is -0.356 e. The van der Waals surface area contributed by atoms with E-state index >= 15 is 0 Å². The summed E-state index contributed by atoms with van der Waals surface area (Å²) in [6, 6.07) is 10.1. The molecule has 0 saturated carbocycles. The van der Waals surface area contributed by atoms with E-state index in [9.17, 15) is 14.4 Å². The number of nitrogens with one attached hydrogen (secondary N) is 2. The molecule has 1 saturated heterocycles. The molecule has 0 radical (unpaired) electrons. The monoisotopic (exact) mass is 384 g/mol. The van der Waals surface area contributed by atoms with Gasteiger partial charge in [-0.1, -0.05) is 30.3 Å². The van der Waals surface area contributed by atoms with Crippen LogP contribution in [-0.2, 0) is 20.9 Å². The number of carbonyl (C=O) groups is 2. The first-order valence-electron chi connectivity index (χ1n) is 9.19. The molecular formula is C20H24N4O4. The molecule has 2 heterocycles. The predicted molar refractivity (Wildman–Crippen MR) is 102 cm³/mol. The zero-order chi connectivity index (χ0) is 20.3. The number of aromatic nitrogens is 2. The van der Waals surface area contributed by atoms with Crippen LogP contribution in [0.4, 0.5) is 0 Å². The number of hydrogen-bond donors (Lipinski definition) is 2. The number of H-pyrrole nitrogens is 1. The first-order valence-corrected chi connectivity index (χ1v) is 9.19. The number of aryl methyl sites for hydroxylation is 1. The van der Waals surface area contributed by atoms with Crippen LogP contribution in [0.3, 0.4) is 0 Å². The molecule has 0 unspecified atom stereocenters. The summed E-state index contributed by atoms with van der Waals surface area (Å²) in [5.41, 5.74) is 1.12. The number of hydrogen-bond acceptors (Lipinski definition) is 5. The van der Waals surface area contributed by atoms with E-state index in [-0.39, 0.29) is 36.6 Å². The normalized spacial score (nSPS) is 19.7. The Morgan fingerprint density at radius 1 is 1.32 bits per heavy atom. The smallest absolute Gasteiger partial charge is 0.252 e. The Bertz CT molecular complexity index is 910. The molecule has 2 N–H and O–H groups in total. The molecule has 1 fully saturated rings. The van der Waals surface area contributed by atoms with Gasteiger partial charge in [0.2, 0.25) is 5.91 Å². The summed E-state index contributed by atoms with van der Waals surface area (Å²) in [6.45, 7) is 5.44. The van der Waals surface area contributed by atoms with Crippen LogP contribution in [0.2, 0.25) is 0 Å². The molecular weight excluding hydrogens is 360 g/mol. The fourth-order valence-corrected chi connectivity index (χ4v) is 3.44. The van der Waals surface area contributed by atoms with Crippen molar-refractivity contribution in [3.8, 4) is 0 Å². The lowest BCUT2D eigenvalue weighted by molar-refractivity contribution is -0.167. The van der Waals surface area contributed by atoms with Crippen molar-refractivity contribution in [2.75, 3.05) is 6.61 Å². The van der Waals surface area contributed by atoms with Crippen molar-refractivity contribution in [3.05, 3.63) is 63.8 Å². The van der Waals surface area contributed by atoms with E-state index in [0.29, 0.717) is 11.5 Å². The van der Waals surface area contributed by atoms with Gasteiger partial charge in [0, 0.05) is 17.8 Å². The Morgan fingerprint density at radius 3 is 2.68 bits per heavy atom. The third kappa shape index (κ3) is 4.28. The van der Waals surface area contributed by atoms with Gasteiger partial charge in [0.1, 0.15) is 12.4 Å². The van der Waals surface area contributed by atoms with Gasteiger partial charge < -0.3 is 19.9 Å². The maximum absolute atomic E-state index is 12.9. The van der Waals surface area contributed by atoms with Crippen LogP contribution in [0.1, 0.15) is 37.0 Å². The van der Waals surface area contributed by atoms with E-state index in [2.05, 4.69) is 15.3 Å². The number of rotatable bonds is 5. The SMILES string of the molecule is Cc1cc(=O)[nH]c(CNC(=O)[C@H]2OCC(=O)N(C(C)C)[C@@H]2c2ccccc2)n1. The highest BCUT2D eigenvalue weighted by atomic mass is 16.5. The Balaban J connectivity index is 1.83. The van der Waals surface area contributed by atoms with Gasteiger partial charge in [0.25, 0.3) is 11.5 Å². The van der Waals surface area contributed by atoms with Crippen molar-refractivity contribution >= 4 is 11.8 Å². The molecule has 1 aliphatic heterocycles. The van der Waals surface area contributed by atoms with Gasteiger partial charge >= 0.3 is 0 Å². The van der Waals surface area contributed by atoms with Gasteiger partial charge in [-0.05, 0) is 26.3 Å². The first-order chi connectivity index (χ1) is 13.4. The van der Waals surface area contributed by atoms with E-state index in [1.54, 1.807) is 11.8 Å². The van der Waals surface area contributed by atoms with E-state index in [4.69, 9.17) is 4.74 Å². The molecule has 148 valence electrons. The standard InChI is InChI=1S/C20H24N4O4/c1-12(2)24-17(26)11-28-19(18(24)14-7-5-4-6-8-14)20(27)21-10-15-22-13(3)9-16(25)23-15/h4-9,12,18-19H,10-11H2,1-3H3,(H,21,27)(H,22,23,25)/t18-,19+/m1/s1. The highest BCUT2D eigenvalue weighted by Crippen LogP contribution is 2.32. The van der Waals surface area contributed by atoms with E-state index in [0.717, 1.165) is 5.56 Å². The van der Waals surface area contributed by atoms with Crippen LogP contribution in [0.5, 0.6) is 0 Å². The van der Waals surface area contributed by atoms with Crippen molar-refractivity contribution < 1.29 is 14.3 Å². The maximum atomic E-state index is 12.9. The van der Waals surface area contributed by atoms with Crippen molar-refractivity contribution in [1.29, 1.82) is 0 Å². The number of amides is 2. The molecule has 8 heteroatoms. The van der Waals surface area contributed by atoms with Crippen molar-refractivity contribution in [2.45, 2.75) is 45.5 Å². The lowest BCUT2D eigenvalue weighted by atomic mass is 9.96. The van der Waals surface area contributed by atoms with Gasteiger partial charge in [0.15, 0.2) is 6.10 Å². The average molecular weight is 384 g/mol. The highest BCUT2D eigenvalue weighted by molar-refractivity contribution is 5.86. The average Bonchev–Trinajstić information content (AvgIpc) is 2.65. The van der Waals surface area contributed by atoms with Crippen LogP contribution in [-0.4, -0.2) is 45.4 Å². The van der Waals surface area contributed by atoms with Crippen LogP contribution in [0, 0.1) is 6.92 Å². The van der Waals surface area contributed by atoms with Gasteiger partial charge in [-0.3, -0.25) is 14.4 Å². The zero-order valence-electron chi connectivity index (χ0n) is 16.1. The summed E-state index contributed by atoms with van der Waals surface area (Å²) in [5.74, 6) is -0.157. The van der Waals surface area contributed by atoms with Crippen LogP contribution >= 0.6 is 0 Å². The van der Waals surface area contributed by atoms with E-state index in [1.165, 1.54) is 6.07 Å². The molecule has 2 amide bonds. The molecule has 2 atom stereocenters. The Labute approximate surface area is 162 Å². The van der Waals surface area contributed by atoms with Gasteiger partial charge in [0.05, 0.1) is 12.6 Å². The molecule has 0 aliphatic carbocycles.